The fourth-order valence-corrected chi connectivity index (χ4v) is 3.95. The van der Waals surface area contributed by atoms with Crippen molar-refractivity contribution in [3.63, 3.8) is 0 Å². The molecule has 0 spiro atoms. The second-order valence-corrected chi connectivity index (χ2v) is 7.46. The van der Waals surface area contributed by atoms with Crippen molar-refractivity contribution in [2.24, 2.45) is 0 Å². The molecule has 0 saturated carbocycles. The van der Waals surface area contributed by atoms with Crippen molar-refractivity contribution in [1.82, 2.24) is 4.90 Å². The Morgan fingerprint density at radius 3 is 2.00 bits per heavy atom. The fraction of sp³-hybridized carbons (Fsp3) is 0.944. The van der Waals surface area contributed by atoms with Gasteiger partial charge in [-0.05, 0) is 27.9 Å². The third kappa shape index (κ3) is 4.82. The second-order valence-electron chi connectivity index (χ2n) is 7.46. The molecule has 2 fully saturated rings. The van der Waals surface area contributed by atoms with Crippen LogP contribution in [-0.4, -0.2) is 111 Å². The van der Waals surface area contributed by atoms with Crippen molar-refractivity contribution in [1.29, 1.82) is 0 Å². The van der Waals surface area contributed by atoms with E-state index in [0.29, 0.717) is 0 Å². The molecule has 0 aromatic heterocycles. The Balaban J connectivity index is 2.27. The summed E-state index contributed by atoms with van der Waals surface area (Å²) in [4.78, 5) is 13.4. The molecule has 164 valence electrons. The van der Waals surface area contributed by atoms with E-state index >= 15 is 0 Å². The molecule has 0 aromatic rings. The zero-order valence-electron chi connectivity index (χ0n) is 17.5. The number of likely N-dealkylation sites (N-methyl/N-ethyl adjacent to an activating group) is 1. The van der Waals surface area contributed by atoms with Crippen LogP contribution in [0, 0.1) is 0 Å². The number of carbonyl (C=O) groups is 1. The van der Waals surface area contributed by atoms with Crippen molar-refractivity contribution in [3.05, 3.63) is 0 Å². The van der Waals surface area contributed by atoms with Gasteiger partial charge in [0, 0.05) is 21.1 Å². The lowest BCUT2D eigenvalue weighted by Gasteiger charge is -2.49. The summed E-state index contributed by atoms with van der Waals surface area (Å²) in [7, 11) is 6.52. The van der Waals surface area contributed by atoms with Crippen LogP contribution in [0.1, 0.15) is 20.8 Å². The molecule has 0 amide bonds. The summed E-state index contributed by atoms with van der Waals surface area (Å²) in [6.07, 6.45) is -7.05. The van der Waals surface area contributed by atoms with Gasteiger partial charge in [0.1, 0.15) is 24.4 Å². The smallest absolute Gasteiger partial charge is 0.303 e. The Kier molecular flexibility index (Phi) is 8.17. The van der Waals surface area contributed by atoms with E-state index < -0.39 is 67.3 Å². The Labute approximate surface area is 165 Å². The van der Waals surface area contributed by atoms with Crippen LogP contribution in [0.4, 0.5) is 0 Å². The van der Waals surface area contributed by atoms with Gasteiger partial charge >= 0.3 is 5.97 Å². The molecule has 2 saturated heterocycles. The summed E-state index contributed by atoms with van der Waals surface area (Å²) in [5.74, 6) is -0.471. The Morgan fingerprint density at radius 2 is 1.50 bits per heavy atom. The lowest BCUT2D eigenvalue weighted by molar-refractivity contribution is -0.345. The van der Waals surface area contributed by atoms with Gasteiger partial charge in [0.05, 0.1) is 18.2 Å². The Hall–Kier alpha value is -0.850. The molecule has 0 radical (unpaired) electrons. The minimum absolute atomic E-state index is 0.445. The minimum Gasteiger partial charge on any atom is -0.457 e. The third-order valence-electron chi connectivity index (χ3n) is 5.26. The van der Waals surface area contributed by atoms with E-state index in [0.717, 1.165) is 0 Å². The number of rotatable bonds is 6. The maximum absolute atomic E-state index is 11.6. The maximum atomic E-state index is 11.6. The first-order chi connectivity index (χ1) is 13.1. The van der Waals surface area contributed by atoms with Crippen LogP contribution < -0.4 is 0 Å². The van der Waals surface area contributed by atoms with Gasteiger partial charge in [0.25, 0.3) is 0 Å². The van der Waals surface area contributed by atoms with E-state index in [1.165, 1.54) is 21.1 Å². The van der Waals surface area contributed by atoms with Crippen molar-refractivity contribution in [2.75, 3.05) is 28.3 Å². The van der Waals surface area contributed by atoms with Gasteiger partial charge < -0.3 is 43.5 Å². The molecule has 28 heavy (non-hydrogen) atoms. The van der Waals surface area contributed by atoms with Crippen LogP contribution in [-0.2, 0) is 33.2 Å². The average molecular weight is 407 g/mol. The molecule has 2 aliphatic heterocycles. The van der Waals surface area contributed by atoms with Gasteiger partial charge in [-0.15, -0.1) is 0 Å². The van der Waals surface area contributed by atoms with Crippen LogP contribution in [0.5, 0.6) is 0 Å². The summed E-state index contributed by atoms with van der Waals surface area (Å²) < 4.78 is 34.0. The van der Waals surface area contributed by atoms with Crippen molar-refractivity contribution in [3.8, 4) is 0 Å². The number of methoxy groups -OCH3 is 2. The largest absolute Gasteiger partial charge is 0.457 e. The molecule has 2 N–H and O–H groups in total. The first-order valence-electron chi connectivity index (χ1n) is 9.34. The summed E-state index contributed by atoms with van der Waals surface area (Å²) in [5.41, 5.74) is 0. The van der Waals surface area contributed by atoms with Gasteiger partial charge in [0.2, 0.25) is 0 Å². The van der Waals surface area contributed by atoms with Crippen molar-refractivity contribution < 1.29 is 43.4 Å². The van der Waals surface area contributed by atoms with Gasteiger partial charge in [-0.25, -0.2) is 0 Å². The molecular formula is C18H33NO9. The average Bonchev–Trinajstić information content (AvgIpc) is 2.59. The van der Waals surface area contributed by atoms with Crippen LogP contribution in [0.3, 0.4) is 0 Å². The molecular weight excluding hydrogens is 374 g/mol. The Morgan fingerprint density at radius 1 is 0.929 bits per heavy atom. The van der Waals surface area contributed by atoms with E-state index in [1.807, 2.05) is 0 Å². The standard InChI is InChI=1S/C18H33NO9/c1-8-13(11(19(4)5)12(21)17(22)25-8)28-18-16(24-7)15(27-10(3)20)14(23-6)9(2)26-18/h8-9,11-18,21-22H,1-7H3/t8-,9-,11-,12-,13-,14-,15+,16-,17?,18+/m1/s1. The molecule has 10 heteroatoms. The number of aliphatic hydroxyl groups is 2. The van der Waals surface area contributed by atoms with Gasteiger partial charge in [-0.1, -0.05) is 0 Å². The number of hydrogen-bond acceptors (Lipinski definition) is 10. The quantitative estimate of drug-likeness (QED) is 0.537. The predicted molar refractivity (Wildman–Crippen MR) is 96.4 cm³/mol. The number of nitrogens with zero attached hydrogens (tertiary/aromatic N) is 1. The molecule has 2 aliphatic rings. The zero-order chi connectivity index (χ0) is 21.2. The highest BCUT2D eigenvalue weighted by Crippen LogP contribution is 2.32. The monoisotopic (exact) mass is 407 g/mol. The van der Waals surface area contributed by atoms with E-state index in [1.54, 1.807) is 32.8 Å². The highest BCUT2D eigenvalue weighted by Gasteiger charge is 2.52. The number of esters is 1. The number of carbonyl (C=O) groups excluding carboxylic acids is 1. The highest BCUT2D eigenvalue weighted by molar-refractivity contribution is 5.66. The first kappa shape index (κ1) is 23.4. The fourth-order valence-electron chi connectivity index (χ4n) is 3.95. The lowest BCUT2D eigenvalue weighted by atomic mass is 9.94. The van der Waals surface area contributed by atoms with Crippen LogP contribution in [0.15, 0.2) is 0 Å². The Bertz CT molecular complexity index is 519. The molecule has 2 heterocycles. The van der Waals surface area contributed by atoms with Gasteiger partial charge in [0.15, 0.2) is 18.7 Å². The summed E-state index contributed by atoms with van der Waals surface area (Å²) in [6, 6.07) is -0.553. The predicted octanol–water partition coefficient (Wildman–Crippen LogP) is -0.894. The number of hydrogen-bond donors (Lipinski definition) is 2. The third-order valence-corrected chi connectivity index (χ3v) is 5.26. The molecule has 10 atom stereocenters. The lowest BCUT2D eigenvalue weighted by Crippen LogP contribution is -2.66. The topological polar surface area (TPSA) is 116 Å². The van der Waals surface area contributed by atoms with Gasteiger partial charge in [-0.3, -0.25) is 4.79 Å². The SMILES string of the molecule is CO[C@H]1[C@H](O[C@H]2[C@H](N(C)C)[C@@H](O)C(O)O[C@@H]2C)O[C@H](C)[C@@H](OC)[C@@H]1OC(C)=O. The second kappa shape index (κ2) is 9.77. The normalized spacial score (nSPS) is 44.5. The molecule has 1 unspecified atom stereocenters. The summed E-state index contributed by atoms with van der Waals surface area (Å²) >= 11 is 0. The van der Waals surface area contributed by atoms with Crippen LogP contribution in [0.25, 0.3) is 0 Å². The molecule has 0 bridgehead atoms. The molecule has 2 rings (SSSR count). The maximum Gasteiger partial charge on any atom is 0.303 e. The molecule has 0 aromatic carbocycles. The van der Waals surface area contributed by atoms with E-state index in [9.17, 15) is 15.0 Å². The van der Waals surface area contributed by atoms with Crippen molar-refractivity contribution in [2.45, 2.75) is 82.1 Å². The first-order valence-corrected chi connectivity index (χ1v) is 9.34. The number of aliphatic hydroxyl groups excluding tert-OH is 2. The van der Waals surface area contributed by atoms with Crippen LogP contribution >= 0.6 is 0 Å². The van der Waals surface area contributed by atoms with E-state index in [2.05, 4.69) is 0 Å². The van der Waals surface area contributed by atoms with Gasteiger partial charge in [-0.2, -0.15) is 0 Å². The number of ether oxygens (including phenoxy) is 6. The highest BCUT2D eigenvalue weighted by atomic mass is 16.7. The van der Waals surface area contributed by atoms with Crippen molar-refractivity contribution >= 4 is 5.97 Å². The molecule has 10 nitrogen and oxygen atoms in total. The minimum atomic E-state index is -1.32. The summed E-state index contributed by atoms with van der Waals surface area (Å²) in [5, 5.41) is 20.3. The molecule has 0 aliphatic carbocycles. The van der Waals surface area contributed by atoms with E-state index in [4.69, 9.17) is 28.4 Å². The zero-order valence-corrected chi connectivity index (χ0v) is 17.5. The summed E-state index contributed by atoms with van der Waals surface area (Å²) in [6.45, 7) is 4.84. The van der Waals surface area contributed by atoms with Crippen LogP contribution in [0.2, 0.25) is 0 Å². The van der Waals surface area contributed by atoms with E-state index in [-0.39, 0.29) is 0 Å².